The molecule has 0 aromatic heterocycles. The number of hydrogen-bond acceptors (Lipinski definition) is 5. The zero-order valence-corrected chi connectivity index (χ0v) is 49.9. The van der Waals surface area contributed by atoms with Crippen LogP contribution in [0.4, 0.5) is 0 Å². The van der Waals surface area contributed by atoms with Crippen molar-refractivity contribution in [1.82, 2.24) is 5.32 Å². The molecule has 0 aromatic rings. The number of nitrogens with one attached hydrogen (secondary N) is 1. The molecular formula is C67H133NO5. The molecule has 0 aromatic carbocycles. The summed E-state index contributed by atoms with van der Waals surface area (Å²) < 4.78 is 5.50. The van der Waals surface area contributed by atoms with Gasteiger partial charge in [-0.15, -0.1) is 0 Å². The van der Waals surface area contributed by atoms with Gasteiger partial charge in [-0.1, -0.05) is 354 Å². The van der Waals surface area contributed by atoms with Crippen LogP contribution in [0.2, 0.25) is 0 Å². The number of aliphatic hydroxyl groups is 2. The summed E-state index contributed by atoms with van der Waals surface area (Å²) >= 11 is 0. The maximum absolute atomic E-state index is 12.5. The molecule has 0 aliphatic heterocycles. The summed E-state index contributed by atoms with van der Waals surface area (Å²) in [7, 11) is 0. The number of aliphatic hydroxyl groups excluding tert-OH is 2. The van der Waals surface area contributed by atoms with Crippen LogP contribution in [0.5, 0.6) is 0 Å². The van der Waals surface area contributed by atoms with Crippen molar-refractivity contribution < 1.29 is 24.5 Å². The first-order chi connectivity index (χ1) is 36.0. The van der Waals surface area contributed by atoms with Gasteiger partial charge in [0.2, 0.25) is 5.91 Å². The topological polar surface area (TPSA) is 95.9 Å². The lowest BCUT2D eigenvalue weighted by Crippen LogP contribution is -2.45. The van der Waals surface area contributed by atoms with E-state index in [0.717, 1.165) is 51.4 Å². The Morgan fingerprint density at radius 2 is 0.562 bits per heavy atom. The van der Waals surface area contributed by atoms with E-state index in [9.17, 15) is 19.8 Å². The maximum Gasteiger partial charge on any atom is 0.305 e. The molecule has 0 saturated heterocycles. The number of esters is 1. The molecule has 0 rings (SSSR count). The van der Waals surface area contributed by atoms with Crippen LogP contribution in [-0.2, 0) is 14.3 Å². The first kappa shape index (κ1) is 71.9. The van der Waals surface area contributed by atoms with Gasteiger partial charge in [0.25, 0.3) is 0 Å². The van der Waals surface area contributed by atoms with Gasteiger partial charge in [0, 0.05) is 12.8 Å². The Bertz CT molecular complexity index is 1050. The van der Waals surface area contributed by atoms with Crippen molar-refractivity contribution in [2.45, 2.75) is 405 Å². The minimum absolute atomic E-state index is 0.000982. The summed E-state index contributed by atoms with van der Waals surface area (Å²) in [5, 5.41) is 23.4. The van der Waals surface area contributed by atoms with E-state index in [1.165, 1.54) is 308 Å². The van der Waals surface area contributed by atoms with Crippen LogP contribution < -0.4 is 5.32 Å². The van der Waals surface area contributed by atoms with Crippen LogP contribution in [0.25, 0.3) is 0 Å². The van der Waals surface area contributed by atoms with Crippen molar-refractivity contribution in [2.75, 3.05) is 13.2 Å². The number of ether oxygens (including phenoxy) is 1. The van der Waals surface area contributed by atoms with Crippen LogP contribution in [0.3, 0.4) is 0 Å². The minimum Gasteiger partial charge on any atom is -0.466 e. The van der Waals surface area contributed by atoms with Gasteiger partial charge in [0.1, 0.15) is 0 Å². The van der Waals surface area contributed by atoms with E-state index in [1.54, 1.807) is 0 Å². The van der Waals surface area contributed by atoms with Gasteiger partial charge in [0.05, 0.1) is 25.4 Å². The van der Waals surface area contributed by atoms with Crippen LogP contribution in [0, 0.1) is 0 Å². The number of unbranched alkanes of at least 4 members (excludes halogenated alkanes) is 53. The van der Waals surface area contributed by atoms with Crippen molar-refractivity contribution >= 4 is 11.9 Å². The van der Waals surface area contributed by atoms with E-state index in [4.69, 9.17) is 4.74 Å². The highest BCUT2D eigenvalue weighted by atomic mass is 16.5. The van der Waals surface area contributed by atoms with E-state index < -0.39 is 12.1 Å². The average Bonchev–Trinajstić information content (AvgIpc) is 3.39. The van der Waals surface area contributed by atoms with Crippen molar-refractivity contribution in [1.29, 1.82) is 0 Å². The molecule has 0 radical (unpaired) electrons. The summed E-state index contributed by atoms with van der Waals surface area (Å²) in [4.78, 5) is 24.7. The van der Waals surface area contributed by atoms with Crippen LogP contribution >= 0.6 is 0 Å². The molecule has 6 nitrogen and oxygen atoms in total. The quantitative estimate of drug-likeness (QED) is 0.0417. The number of carbonyl (C=O) groups is 2. The molecular weight excluding hydrogens is 899 g/mol. The molecule has 0 aliphatic rings. The molecule has 0 fully saturated rings. The molecule has 6 heteroatoms. The monoisotopic (exact) mass is 1030 g/mol. The molecule has 2 atom stereocenters. The van der Waals surface area contributed by atoms with Crippen molar-refractivity contribution in [3.8, 4) is 0 Å². The lowest BCUT2D eigenvalue weighted by molar-refractivity contribution is -0.143. The first-order valence-corrected chi connectivity index (χ1v) is 33.8. The molecule has 2 unspecified atom stereocenters. The SMILES string of the molecule is CCCCCCCCCCCCCCCCCCCCCCCCCCCC(O)C(CO)NC(=O)CCCCCCCCCCCCCCCOC(=O)CCCCCCCCCCCCCCCCCCCC. The summed E-state index contributed by atoms with van der Waals surface area (Å²) in [6.45, 7) is 4.98. The van der Waals surface area contributed by atoms with Gasteiger partial charge in [-0.25, -0.2) is 0 Å². The molecule has 1 amide bonds. The zero-order valence-electron chi connectivity index (χ0n) is 49.9. The Hall–Kier alpha value is -1.14. The lowest BCUT2D eigenvalue weighted by atomic mass is 10.0. The summed E-state index contributed by atoms with van der Waals surface area (Å²) in [5.41, 5.74) is 0. The van der Waals surface area contributed by atoms with Gasteiger partial charge in [-0.2, -0.15) is 0 Å². The Balaban J connectivity index is 3.40. The maximum atomic E-state index is 12.5. The van der Waals surface area contributed by atoms with E-state index >= 15 is 0 Å². The fraction of sp³-hybridized carbons (Fsp3) is 0.970. The largest absolute Gasteiger partial charge is 0.466 e. The van der Waals surface area contributed by atoms with E-state index in [-0.39, 0.29) is 18.5 Å². The molecule has 3 N–H and O–H groups in total. The highest BCUT2D eigenvalue weighted by molar-refractivity contribution is 5.76. The lowest BCUT2D eigenvalue weighted by Gasteiger charge is -2.22. The second-order valence-corrected chi connectivity index (χ2v) is 23.5. The average molecular weight is 1030 g/mol. The van der Waals surface area contributed by atoms with Crippen molar-refractivity contribution in [3.63, 3.8) is 0 Å². The molecule has 436 valence electrons. The Morgan fingerprint density at radius 3 is 0.836 bits per heavy atom. The highest BCUT2D eigenvalue weighted by Gasteiger charge is 2.20. The Kier molecular flexibility index (Phi) is 62.4. The third-order valence-corrected chi connectivity index (χ3v) is 16.2. The van der Waals surface area contributed by atoms with E-state index in [1.807, 2.05) is 0 Å². The second kappa shape index (κ2) is 63.4. The summed E-state index contributed by atoms with van der Waals surface area (Å²) in [6, 6.07) is -0.551. The fourth-order valence-corrected chi connectivity index (χ4v) is 11.0. The normalized spacial score (nSPS) is 12.4. The standard InChI is InChI=1S/C67H133NO5/c1-3-5-7-9-11-13-15-17-19-21-23-24-25-26-27-28-29-30-32-35-39-43-47-51-55-59-65(70)64(63-69)68-66(71)60-56-52-48-44-40-36-34-38-42-46-50-54-58-62-73-67(72)61-57-53-49-45-41-37-33-31-22-20-18-16-14-12-10-8-6-4-2/h64-65,69-70H,3-63H2,1-2H3,(H,68,71). The van der Waals surface area contributed by atoms with Gasteiger partial charge in [0.15, 0.2) is 0 Å². The van der Waals surface area contributed by atoms with E-state index in [0.29, 0.717) is 25.9 Å². The number of amides is 1. The zero-order chi connectivity index (χ0) is 52.9. The number of rotatable bonds is 64. The smallest absolute Gasteiger partial charge is 0.305 e. The molecule has 0 saturated carbocycles. The van der Waals surface area contributed by atoms with Crippen molar-refractivity contribution in [3.05, 3.63) is 0 Å². The molecule has 0 spiro atoms. The van der Waals surface area contributed by atoms with Gasteiger partial charge in [-0.3, -0.25) is 9.59 Å². The van der Waals surface area contributed by atoms with Gasteiger partial charge in [-0.05, 0) is 25.7 Å². The predicted octanol–water partition coefficient (Wildman–Crippen LogP) is 21.4. The molecule has 0 bridgehead atoms. The first-order valence-electron chi connectivity index (χ1n) is 33.8. The van der Waals surface area contributed by atoms with Crippen LogP contribution in [0.15, 0.2) is 0 Å². The van der Waals surface area contributed by atoms with Crippen LogP contribution in [0.1, 0.15) is 393 Å². The minimum atomic E-state index is -0.673. The third kappa shape index (κ3) is 60.0. The Labute approximate surface area is 457 Å². The van der Waals surface area contributed by atoms with Crippen LogP contribution in [-0.4, -0.2) is 47.4 Å². The highest BCUT2D eigenvalue weighted by Crippen LogP contribution is 2.19. The van der Waals surface area contributed by atoms with E-state index in [2.05, 4.69) is 19.2 Å². The van der Waals surface area contributed by atoms with Gasteiger partial charge < -0.3 is 20.3 Å². The Morgan fingerprint density at radius 1 is 0.329 bits per heavy atom. The number of hydrogen-bond donors (Lipinski definition) is 3. The van der Waals surface area contributed by atoms with Crippen molar-refractivity contribution in [2.24, 2.45) is 0 Å². The predicted molar refractivity (Wildman–Crippen MR) is 320 cm³/mol. The fourth-order valence-electron chi connectivity index (χ4n) is 11.0. The summed E-state index contributed by atoms with van der Waals surface area (Å²) in [6.07, 6.45) is 75.5. The van der Waals surface area contributed by atoms with Gasteiger partial charge >= 0.3 is 5.97 Å². The summed E-state index contributed by atoms with van der Waals surface area (Å²) in [5.74, 6) is -0.0407. The third-order valence-electron chi connectivity index (χ3n) is 16.2. The molecule has 0 heterocycles. The molecule has 73 heavy (non-hydrogen) atoms. The molecule has 0 aliphatic carbocycles. The second-order valence-electron chi connectivity index (χ2n) is 23.5. The number of carbonyl (C=O) groups excluding carboxylic acids is 2.